The fourth-order valence-electron chi connectivity index (χ4n) is 2.39. The fraction of sp³-hybridized carbons (Fsp3) is 0.200. The van der Waals surface area contributed by atoms with Crippen molar-refractivity contribution in [3.63, 3.8) is 0 Å². The summed E-state index contributed by atoms with van der Waals surface area (Å²) in [6.45, 7) is 5.41. The van der Waals surface area contributed by atoms with Gasteiger partial charge in [-0.2, -0.15) is 0 Å². The molecule has 0 spiro atoms. The molecule has 2 N–H and O–H groups in total. The van der Waals surface area contributed by atoms with Crippen molar-refractivity contribution in [1.29, 1.82) is 0 Å². The van der Waals surface area contributed by atoms with Crippen molar-refractivity contribution >= 4 is 22.6 Å². The first-order valence-electron chi connectivity index (χ1n) is 7.93. The summed E-state index contributed by atoms with van der Waals surface area (Å²) in [7, 11) is 0. The summed E-state index contributed by atoms with van der Waals surface area (Å²) in [6, 6.07) is 12.9. The maximum atomic E-state index is 12.6. The predicted molar refractivity (Wildman–Crippen MR) is 97.7 cm³/mol. The van der Waals surface area contributed by atoms with Crippen molar-refractivity contribution in [2.45, 2.75) is 20.8 Å². The molecule has 2 aromatic carbocycles. The Labute approximate surface area is 144 Å². The van der Waals surface area contributed by atoms with Gasteiger partial charge in [0.05, 0.1) is 11.1 Å². The van der Waals surface area contributed by atoms with Crippen molar-refractivity contribution < 1.29 is 14.3 Å². The predicted octanol–water partition coefficient (Wildman–Crippen LogP) is 4.15. The number of aromatic hydroxyl groups is 1. The third kappa shape index (κ3) is 3.40. The van der Waals surface area contributed by atoms with E-state index in [1.54, 1.807) is 51.1 Å². The number of hydrogen-bond donors (Lipinski definition) is 2. The molecule has 0 bridgehead atoms. The number of benzene rings is 2. The highest BCUT2D eigenvalue weighted by Crippen LogP contribution is 2.28. The Morgan fingerprint density at radius 1 is 1.08 bits per heavy atom. The van der Waals surface area contributed by atoms with Crippen LogP contribution in [0.4, 0.5) is 5.69 Å². The second kappa shape index (κ2) is 6.09. The summed E-state index contributed by atoms with van der Waals surface area (Å²) in [4.78, 5) is 24.9. The van der Waals surface area contributed by atoms with Gasteiger partial charge in [-0.3, -0.25) is 9.59 Å². The van der Waals surface area contributed by atoms with Crippen LogP contribution in [0.3, 0.4) is 0 Å². The molecule has 25 heavy (non-hydrogen) atoms. The maximum Gasteiger partial charge on any atom is 0.229 e. The van der Waals surface area contributed by atoms with E-state index >= 15 is 0 Å². The van der Waals surface area contributed by atoms with E-state index in [4.69, 9.17) is 4.42 Å². The van der Waals surface area contributed by atoms with Crippen LogP contribution in [0, 0.1) is 5.41 Å². The van der Waals surface area contributed by atoms with Gasteiger partial charge >= 0.3 is 0 Å². The van der Waals surface area contributed by atoms with Crippen molar-refractivity contribution in [2.24, 2.45) is 5.41 Å². The van der Waals surface area contributed by atoms with Gasteiger partial charge in [0.25, 0.3) is 0 Å². The number of nitrogens with one attached hydrogen (secondary N) is 1. The van der Waals surface area contributed by atoms with Gasteiger partial charge in [0.1, 0.15) is 17.1 Å². The molecule has 0 fully saturated rings. The fourth-order valence-corrected chi connectivity index (χ4v) is 2.39. The summed E-state index contributed by atoms with van der Waals surface area (Å²) in [5.74, 6) is 0.359. The highest BCUT2D eigenvalue weighted by atomic mass is 16.3. The SMILES string of the molecule is CC(C)(C)C(=O)Nc1cccc2oc(-c3ccc(O)cc3)cc(=O)c12. The number of phenols is 1. The molecule has 5 nitrogen and oxygen atoms in total. The lowest BCUT2D eigenvalue weighted by Gasteiger charge is -2.18. The zero-order valence-electron chi connectivity index (χ0n) is 14.3. The summed E-state index contributed by atoms with van der Waals surface area (Å²) >= 11 is 0. The molecule has 0 saturated carbocycles. The highest BCUT2D eigenvalue weighted by molar-refractivity contribution is 6.02. The molecule has 5 heteroatoms. The minimum atomic E-state index is -0.575. The van der Waals surface area contributed by atoms with Gasteiger partial charge in [0.15, 0.2) is 5.43 Å². The molecule has 0 radical (unpaired) electrons. The number of phenolic OH excluding ortho intramolecular Hbond substituents is 1. The lowest BCUT2D eigenvalue weighted by molar-refractivity contribution is -0.123. The van der Waals surface area contributed by atoms with Crippen LogP contribution in [0.15, 0.2) is 57.7 Å². The Balaban J connectivity index is 2.10. The zero-order valence-corrected chi connectivity index (χ0v) is 14.3. The number of fused-ring (bicyclic) bond motifs is 1. The molecule has 128 valence electrons. The number of carbonyl (C=O) groups is 1. The van der Waals surface area contributed by atoms with Crippen LogP contribution in [-0.2, 0) is 4.79 Å². The molecule has 1 aromatic heterocycles. The lowest BCUT2D eigenvalue weighted by atomic mass is 9.95. The summed E-state index contributed by atoms with van der Waals surface area (Å²) in [5.41, 5.74) is 0.690. The smallest absolute Gasteiger partial charge is 0.229 e. The molecule has 0 aliphatic heterocycles. The summed E-state index contributed by atoms with van der Waals surface area (Å²) < 4.78 is 5.84. The minimum absolute atomic E-state index is 0.138. The minimum Gasteiger partial charge on any atom is -0.508 e. The highest BCUT2D eigenvalue weighted by Gasteiger charge is 2.22. The average molecular weight is 337 g/mol. The largest absolute Gasteiger partial charge is 0.508 e. The van der Waals surface area contributed by atoms with Gasteiger partial charge < -0.3 is 14.8 Å². The molecule has 0 aliphatic carbocycles. The van der Waals surface area contributed by atoms with Crippen LogP contribution in [0.2, 0.25) is 0 Å². The van der Waals surface area contributed by atoms with Crippen molar-refractivity contribution in [3.05, 3.63) is 58.8 Å². The van der Waals surface area contributed by atoms with Crippen LogP contribution >= 0.6 is 0 Å². The van der Waals surface area contributed by atoms with Crippen LogP contribution in [0.25, 0.3) is 22.3 Å². The number of hydrogen-bond acceptors (Lipinski definition) is 4. The topological polar surface area (TPSA) is 79.5 Å². The second-order valence-electron chi connectivity index (χ2n) is 6.90. The monoisotopic (exact) mass is 337 g/mol. The Kier molecular flexibility index (Phi) is 4.08. The van der Waals surface area contributed by atoms with Crippen molar-refractivity contribution in [1.82, 2.24) is 0 Å². The van der Waals surface area contributed by atoms with E-state index in [1.165, 1.54) is 18.2 Å². The number of amides is 1. The number of rotatable bonds is 2. The van der Waals surface area contributed by atoms with E-state index in [2.05, 4.69) is 5.32 Å². The first kappa shape index (κ1) is 16.8. The Bertz CT molecular complexity index is 995. The third-order valence-electron chi connectivity index (χ3n) is 3.84. The summed E-state index contributed by atoms with van der Waals surface area (Å²) in [5, 5.41) is 12.5. The summed E-state index contributed by atoms with van der Waals surface area (Å²) in [6.07, 6.45) is 0. The van der Waals surface area contributed by atoms with Gasteiger partial charge in [-0.25, -0.2) is 0 Å². The van der Waals surface area contributed by atoms with Crippen molar-refractivity contribution in [3.8, 4) is 17.1 Å². The van der Waals surface area contributed by atoms with Gasteiger partial charge in [-0.1, -0.05) is 26.8 Å². The Morgan fingerprint density at radius 2 is 1.76 bits per heavy atom. The maximum absolute atomic E-state index is 12.6. The molecule has 0 aliphatic rings. The molecular weight excluding hydrogens is 318 g/mol. The molecular formula is C20H19NO4. The third-order valence-corrected chi connectivity index (χ3v) is 3.84. The van der Waals surface area contributed by atoms with E-state index < -0.39 is 5.41 Å². The van der Waals surface area contributed by atoms with E-state index in [1.807, 2.05) is 0 Å². The molecule has 1 amide bonds. The van der Waals surface area contributed by atoms with Crippen LogP contribution in [-0.4, -0.2) is 11.0 Å². The molecule has 3 aromatic rings. The molecule has 1 heterocycles. The first-order chi connectivity index (χ1) is 11.8. The van der Waals surface area contributed by atoms with Gasteiger partial charge in [0.2, 0.25) is 5.91 Å². The van der Waals surface area contributed by atoms with E-state index in [0.29, 0.717) is 28.0 Å². The van der Waals surface area contributed by atoms with Crippen LogP contribution in [0.5, 0.6) is 5.75 Å². The van der Waals surface area contributed by atoms with Crippen molar-refractivity contribution in [2.75, 3.05) is 5.32 Å². The average Bonchev–Trinajstić information content (AvgIpc) is 2.54. The van der Waals surface area contributed by atoms with E-state index in [9.17, 15) is 14.7 Å². The molecule has 0 unspecified atom stereocenters. The first-order valence-corrected chi connectivity index (χ1v) is 7.93. The standard InChI is InChI=1S/C20H19NO4/c1-20(2,3)19(24)21-14-5-4-6-16-18(14)15(23)11-17(25-16)12-7-9-13(22)10-8-12/h4-11,22H,1-3H3,(H,21,24). The molecule has 3 rings (SSSR count). The quantitative estimate of drug-likeness (QED) is 0.736. The van der Waals surface area contributed by atoms with Gasteiger partial charge in [-0.15, -0.1) is 0 Å². The molecule has 0 atom stereocenters. The molecule has 0 saturated heterocycles. The van der Waals surface area contributed by atoms with Gasteiger partial charge in [-0.05, 0) is 36.4 Å². The lowest BCUT2D eigenvalue weighted by Crippen LogP contribution is -2.28. The number of anilines is 1. The zero-order chi connectivity index (χ0) is 18.2. The Morgan fingerprint density at radius 3 is 2.40 bits per heavy atom. The number of carbonyl (C=O) groups excluding carboxylic acids is 1. The van der Waals surface area contributed by atoms with E-state index in [-0.39, 0.29) is 17.1 Å². The van der Waals surface area contributed by atoms with E-state index in [0.717, 1.165) is 0 Å². The normalized spacial score (nSPS) is 11.5. The Hall–Kier alpha value is -3.08. The second-order valence-corrected chi connectivity index (χ2v) is 6.90. The van der Waals surface area contributed by atoms with Crippen LogP contribution in [0.1, 0.15) is 20.8 Å². The van der Waals surface area contributed by atoms with Crippen LogP contribution < -0.4 is 10.7 Å². The van der Waals surface area contributed by atoms with Gasteiger partial charge in [0, 0.05) is 17.0 Å².